The van der Waals surface area contributed by atoms with Crippen molar-refractivity contribution in [1.29, 1.82) is 0 Å². The lowest BCUT2D eigenvalue weighted by molar-refractivity contribution is -0.247. The van der Waals surface area contributed by atoms with Crippen molar-refractivity contribution in [3.05, 3.63) is 0 Å². The second-order valence-corrected chi connectivity index (χ2v) is 9.26. The van der Waals surface area contributed by atoms with Crippen LogP contribution in [0.15, 0.2) is 0 Å². The third-order valence-corrected chi connectivity index (χ3v) is 6.93. The largest absolute Gasteiger partial charge is 0.439 e. The molecule has 1 fully saturated rings. The van der Waals surface area contributed by atoms with Crippen LogP contribution in [0.2, 0.25) is 0 Å². The summed E-state index contributed by atoms with van der Waals surface area (Å²) in [6.07, 6.45) is -4.71. The third kappa shape index (κ3) is 4.19. The zero-order valence-electron chi connectivity index (χ0n) is 13.7. The van der Waals surface area contributed by atoms with E-state index in [2.05, 4.69) is 4.18 Å². The molecule has 0 unspecified atom stereocenters. The van der Waals surface area contributed by atoms with Gasteiger partial charge in [-0.15, -0.1) is 0 Å². The van der Waals surface area contributed by atoms with Crippen molar-refractivity contribution in [2.24, 2.45) is 0 Å². The lowest BCUT2D eigenvalue weighted by Gasteiger charge is -2.38. The molecule has 1 aliphatic heterocycles. The van der Waals surface area contributed by atoms with E-state index in [1.807, 2.05) is 0 Å². The van der Waals surface area contributed by atoms with E-state index in [9.17, 15) is 56.3 Å². The Morgan fingerprint density at radius 3 is 1.57 bits per heavy atom. The van der Waals surface area contributed by atoms with Crippen LogP contribution < -0.4 is 0 Å². The molecule has 28 heavy (non-hydrogen) atoms. The first-order chi connectivity index (χ1) is 12.2. The molecule has 0 aromatic heterocycles. The highest BCUT2D eigenvalue weighted by molar-refractivity contribution is 7.90. The van der Waals surface area contributed by atoms with Gasteiger partial charge in [0.15, 0.2) is 0 Å². The molecule has 1 aliphatic rings. The van der Waals surface area contributed by atoms with Gasteiger partial charge in [0.25, 0.3) is 10.0 Å². The molecule has 18 heteroatoms. The molecule has 168 valence electrons. The maximum Gasteiger partial charge on any atom is 0.439 e. The van der Waals surface area contributed by atoms with Crippen molar-refractivity contribution in [2.45, 2.75) is 22.6 Å². The second kappa shape index (κ2) is 7.44. The highest BCUT2D eigenvalue weighted by Gasteiger charge is 2.83. The predicted octanol–water partition coefficient (Wildman–Crippen LogP) is 1.29. The quantitative estimate of drug-likeness (QED) is 0.407. The first-order valence-electron chi connectivity index (χ1n) is 6.97. The Balaban J connectivity index is 3.16. The Morgan fingerprint density at radius 1 is 0.786 bits per heavy atom. The van der Waals surface area contributed by atoms with E-state index in [0.29, 0.717) is 4.90 Å². The molecule has 0 aromatic carbocycles. The summed E-state index contributed by atoms with van der Waals surface area (Å²) < 4.78 is 167. The number of rotatable bonds is 7. The fraction of sp³-hybridized carbons (Fsp3) is 1.00. The first-order valence-corrected chi connectivity index (χ1v) is 9.82. The molecule has 0 aromatic rings. The minimum Gasteiger partial charge on any atom is -0.292 e. The van der Waals surface area contributed by atoms with Gasteiger partial charge in [-0.3, -0.25) is 9.08 Å². The van der Waals surface area contributed by atoms with Crippen LogP contribution in [0, 0.1) is 0 Å². The lowest BCUT2D eigenvalue weighted by Crippen LogP contribution is -2.64. The van der Waals surface area contributed by atoms with Crippen molar-refractivity contribution < 1.29 is 60.5 Å². The van der Waals surface area contributed by atoms with Gasteiger partial charge in [-0.2, -0.15) is 52.2 Å². The molecule has 1 saturated heterocycles. The van der Waals surface area contributed by atoms with Crippen LogP contribution in [0.25, 0.3) is 0 Å². The van der Waals surface area contributed by atoms with Crippen molar-refractivity contribution in [3.8, 4) is 0 Å². The van der Waals surface area contributed by atoms with Crippen LogP contribution in [0.3, 0.4) is 0 Å². The summed E-state index contributed by atoms with van der Waals surface area (Å²) in [5.41, 5.74) is 0. The van der Waals surface area contributed by atoms with Crippen LogP contribution >= 0.6 is 0 Å². The molecule has 0 amide bonds. The summed E-state index contributed by atoms with van der Waals surface area (Å²) in [5.74, 6) is -6.96. The first kappa shape index (κ1) is 25.2. The summed E-state index contributed by atoms with van der Waals surface area (Å²) in [4.78, 5) is 0.576. The number of nitrogens with zero attached hydrogens (tertiary/aromatic N) is 2. The van der Waals surface area contributed by atoms with E-state index in [1.54, 1.807) is 0 Å². The Bertz CT molecular complexity index is 774. The normalized spacial score (nSPS) is 19.8. The second-order valence-electron chi connectivity index (χ2n) is 5.52. The van der Waals surface area contributed by atoms with Crippen molar-refractivity contribution >= 4 is 20.1 Å². The smallest absolute Gasteiger partial charge is 0.292 e. The van der Waals surface area contributed by atoms with Gasteiger partial charge in [0.1, 0.15) is 0 Å². The van der Waals surface area contributed by atoms with Crippen LogP contribution in [0.1, 0.15) is 0 Å². The van der Waals surface area contributed by atoms with Crippen LogP contribution in [0.5, 0.6) is 0 Å². The van der Waals surface area contributed by atoms with E-state index in [4.69, 9.17) is 0 Å². The van der Waals surface area contributed by atoms with E-state index >= 15 is 0 Å². The standard InChI is InChI=1S/C10H13F9N2O5S2/c1-26-28(24,25)10(18,19)8(14,15)9(16,17)27(22,23)21-4-2-20(3-5-21)6-7(11,12)13/h2-6H2,1H3. The van der Waals surface area contributed by atoms with Gasteiger partial charge >= 0.3 is 32.7 Å². The van der Waals surface area contributed by atoms with Gasteiger partial charge in [-0.05, 0) is 0 Å². The molecule has 1 rings (SSSR count). The molecule has 7 nitrogen and oxygen atoms in total. The van der Waals surface area contributed by atoms with Crippen LogP contribution in [0.4, 0.5) is 39.5 Å². The lowest BCUT2D eigenvalue weighted by atomic mass is 10.3. The van der Waals surface area contributed by atoms with E-state index < -0.39 is 79.8 Å². The van der Waals surface area contributed by atoms with Gasteiger partial charge in [0.05, 0.1) is 13.7 Å². The molecule has 0 aliphatic carbocycles. The number of sulfonamides is 1. The van der Waals surface area contributed by atoms with Crippen molar-refractivity contribution in [2.75, 3.05) is 39.8 Å². The number of hydrogen-bond donors (Lipinski definition) is 0. The van der Waals surface area contributed by atoms with Gasteiger partial charge in [-0.1, -0.05) is 0 Å². The highest BCUT2D eigenvalue weighted by atomic mass is 32.2. The summed E-state index contributed by atoms with van der Waals surface area (Å²) in [6, 6.07) is 0. The Kier molecular flexibility index (Phi) is 6.69. The Labute approximate surface area is 153 Å². The zero-order chi connectivity index (χ0) is 22.4. The molecule has 0 N–H and O–H groups in total. The molecule has 0 radical (unpaired) electrons. The number of piperazine rings is 1. The third-order valence-electron chi connectivity index (χ3n) is 3.66. The SMILES string of the molecule is COS(=O)(=O)C(F)(F)C(F)(F)C(F)(F)S(=O)(=O)N1CCN(CC(F)(F)F)CC1. The molecule has 0 spiro atoms. The molecule has 1 heterocycles. The van der Waals surface area contributed by atoms with Gasteiger partial charge in [-0.25, -0.2) is 8.42 Å². The topological polar surface area (TPSA) is 84.0 Å². The summed E-state index contributed by atoms with van der Waals surface area (Å²) >= 11 is 0. The molecular formula is C10H13F9N2O5S2. The number of alkyl halides is 9. The molecule has 0 saturated carbocycles. The van der Waals surface area contributed by atoms with E-state index in [1.165, 1.54) is 0 Å². The average Bonchev–Trinajstić information content (AvgIpc) is 2.53. The number of hydrogen-bond acceptors (Lipinski definition) is 6. The fourth-order valence-electron chi connectivity index (χ4n) is 2.14. The van der Waals surface area contributed by atoms with E-state index in [-0.39, 0.29) is 7.11 Å². The predicted molar refractivity (Wildman–Crippen MR) is 73.8 cm³/mol. The monoisotopic (exact) mass is 476 g/mol. The van der Waals surface area contributed by atoms with Gasteiger partial charge < -0.3 is 0 Å². The maximum atomic E-state index is 13.9. The maximum absolute atomic E-state index is 13.9. The average molecular weight is 476 g/mol. The fourth-order valence-corrected chi connectivity index (χ4v) is 4.27. The minimum atomic E-state index is -6.96. The number of halogens is 9. The Morgan fingerprint density at radius 2 is 1.21 bits per heavy atom. The molecule has 0 bridgehead atoms. The summed E-state index contributed by atoms with van der Waals surface area (Å²) in [7, 11) is -13.3. The zero-order valence-corrected chi connectivity index (χ0v) is 15.3. The van der Waals surface area contributed by atoms with Crippen LogP contribution in [-0.4, -0.2) is 88.5 Å². The minimum absolute atomic E-state index is 0.0359. The van der Waals surface area contributed by atoms with Gasteiger partial charge in [0.2, 0.25) is 0 Å². The highest BCUT2D eigenvalue weighted by Crippen LogP contribution is 2.51. The Hall–Kier alpha value is -0.850. The van der Waals surface area contributed by atoms with Gasteiger partial charge in [0, 0.05) is 26.2 Å². The van der Waals surface area contributed by atoms with Crippen molar-refractivity contribution in [1.82, 2.24) is 9.21 Å². The molecule has 0 atom stereocenters. The molecular weight excluding hydrogens is 463 g/mol. The summed E-state index contributed by atoms with van der Waals surface area (Å²) in [6.45, 7) is -5.46. The summed E-state index contributed by atoms with van der Waals surface area (Å²) in [5, 5.41) is -13.3. The van der Waals surface area contributed by atoms with E-state index in [0.717, 1.165) is 0 Å². The van der Waals surface area contributed by atoms with Crippen molar-refractivity contribution in [3.63, 3.8) is 0 Å². The van der Waals surface area contributed by atoms with Crippen LogP contribution in [-0.2, 0) is 24.3 Å².